The molecule has 0 saturated carbocycles. The zero-order valence-electron chi connectivity index (χ0n) is 17.8. The van der Waals surface area contributed by atoms with Crippen LogP contribution in [0, 0.1) is 19.7 Å². The molecule has 0 radical (unpaired) electrons. The standard InChI is InChI=1S/C21H29FN4O4S/c1-14-12-17(13-15(2)20(14)22)25-19(21(27)26-28)6-4-5-11-24-31(29,30)18-9-7-16(23-3)8-10-18/h7-10,12-13,19,23-25,28H,4-6,11H2,1-3H3,(H,26,27). The molecule has 5 N–H and O–H groups in total. The van der Waals surface area contributed by atoms with Crippen molar-refractivity contribution < 1.29 is 22.8 Å². The maximum Gasteiger partial charge on any atom is 0.265 e. The molecule has 2 rings (SSSR count). The molecule has 2 aromatic rings. The average molecular weight is 453 g/mol. The molecule has 0 aliphatic heterocycles. The molecule has 170 valence electrons. The third kappa shape index (κ3) is 6.91. The van der Waals surface area contributed by atoms with Crippen molar-refractivity contribution in [2.75, 3.05) is 24.2 Å². The van der Waals surface area contributed by atoms with E-state index in [0.717, 1.165) is 5.69 Å². The van der Waals surface area contributed by atoms with E-state index in [2.05, 4.69) is 15.4 Å². The Morgan fingerprint density at radius 1 is 1.06 bits per heavy atom. The lowest BCUT2D eigenvalue weighted by Gasteiger charge is -2.19. The van der Waals surface area contributed by atoms with Gasteiger partial charge in [0.2, 0.25) is 10.0 Å². The van der Waals surface area contributed by atoms with Crippen LogP contribution in [-0.2, 0) is 14.8 Å². The number of carbonyl (C=O) groups is 1. The zero-order chi connectivity index (χ0) is 23.0. The molecule has 0 fully saturated rings. The first-order chi connectivity index (χ1) is 14.7. The Morgan fingerprint density at radius 2 is 1.68 bits per heavy atom. The minimum atomic E-state index is -3.62. The van der Waals surface area contributed by atoms with E-state index in [4.69, 9.17) is 5.21 Å². The van der Waals surface area contributed by atoms with E-state index in [1.54, 1.807) is 50.6 Å². The first kappa shape index (κ1) is 24.6. The zero-order valence-corrected chi connectivity index (χ0v) is 18.6. The Labute approximate surface area is 182 Å². The van der Waals surface area contributed by atoms with Gasteiger partial charge in [0.1, 0.15) is 11.9 Å². The molecule has 0 saturated heterocycles. The predicted molar refractivity (Wildman–Crippen MR) is 118 cm³/mol. The molecule has 0 aliphatic carbocycles. The van der Waals surface area contributed by atoms with E-state index in [9.17, 15) is 17.6 Å². The van der Waals surface area contributed by atoms with Crippen LogP contribution in [0.5, 0.6) is 0 Å². The molecule has 1 atom stereocenters. The van der Waals surface area contributed by atoms with Gasteiger partial charge in [-0.3, -0.25) is 10.0 Å². The molecule has 0 aromatic heterocycles. The van der Waals surface area contributed by atoms with E-state index < -0.39 is 22.0 Å². The quantitative estimate of drug-likeness (QED) is 0.203. The molecule has 2 aromatic carbocycles. The van der Waals surface area contributed by atoms with Crippen LogP contribution in [0.1, 0.15) is 30.4 Å². The Balaban J connectivity index is 1.89. The van der Waals surface area contributed by atoms with Crippen molar-refractivity contribution in [3.05, 3.63) is 53.3 Å². The maximum absolute atomic E-state index is 13.8. The molecule has 0 spiro atoms. The second-order valence-electron chi connectivity index (χ2n) is 7.26. The van der Waals surface area contributed by atoms with Gasteiger partial charge in [-0.25, -0.2) is 23.0 Å². The summed E-state index contributed by atoms with van der Waals surface area (Å²) < 4.78 is 41.0. The largest absolute Gasteiger partial charge is 0.388 e. The van der Waals surface area contributed by atoms with Crippen molar-refractivity contribution in [3.8, 4) is 0 Å². The highest BCUT2D eigenvalue weighted by atomic mass is 32.2. The molecule has 10 heteroatoms. The number of hydroxylamine groups is 1. The third-order valence-corrected chi connectivity index (χ3v) is 6.35. The predicted octanol–water partition coefficient (Wildman–Crippen LogP) is 2.92. The lowest BCUT2D eigenvalue weighted by atomic mass is 10.1. The van der Waals surface area contributed by atoms with Gasteiger partial charge in [0.05, 0.1) is 4.90 Å². The summed E-state index contributed by atoms with van der Waals surface area (Å²) in [6.07, 6.45) is 1.36. The second-order valence-corrected chi connectivity index (χ2v) is 9.03. The molecular formula is C21H29FN4O4S. The number of hydrogen-bond acceptors (Lipinski definition) is 6. The van der Waals surface area contributed by atoms with Crippen LogP contribution in [-0.4, -0.2) is 39.2 Å². The Bertz CT molecular complexity index is 974. The summed E-state index contributed by atoms with van der Waals surface area (Å²) >= 11 is 0. The second kappa shape index (κ2) is 11.1. The third-order valence-electron chi connectivity index (χ3n) is 4.87. The summed E-state index contributed by atoms with van der Waals surface area (Å²) in [5, 5.41) is 14.9. The van der Waals surface area contributed by atoms with E-state index in [0.29, 0.717) is 36.1 Å². The highest BCUT2D eigenvalue weighted by Crippen LogP contribution is 2.20. The van der Waals surface area contributed by atoms with E-state index in [1.165, 1.54) is 12.1 Å². The van der Waals surface area contributed by atoms with E-state index in [1.807, 2.05) is 0 Å². The summed E-state index contributed by atoms with van der Waals surface area (Å²) in [6, 6.07) is 8.83. The normalized spacial score (nSPS) is 12.3. The van der Waals surface area contributed by atoms with Gasteiger partial charge in [0, 0.05) is 25.0 Å². The van der Waals surface area contributed by atoms with Crippen LogP contribution in [0.4, 0.5) is 15.8 Å². The molecule has 0 bridgehead atoms. The van der Waals surface area contributed by atoms with Crippen LogP contribution in [0.25, 0.3) is 0 Å². The summed E-state index contributed by atoms with van der Waals surface area (Å²) in [6.45, 7) is 3.47. The number of nitrogens with one attached hydrogen (secondary N) is 4. The van der Waals surface area contributed by atoms with Gasteiger partial charge in [-0.15, -0.1) is 0 Å². The number of rotatable bonds is 11. The Morgan fingerprint density at radius 3 is 2.23 bits per heavy atom. The van der Waals surface area contributed by atoms with Gasteiger partial charge in [-0.05, 0) is 80.6 Å². The number of unbranched alkanes of at least 4 members (excludes halogenated alkanes) is 1. The summed E-state index contributed by atoms with van der Waals surface area (Å²) in [7, 11) is -1.87. The molecular weight excluding hydrogens is 423 g/mol. The fourth-order valence-electron chi connectivity index (χ4n) is 3.14. The number of benzene rings is 2. The Hall–Kier alpha value is -2.69. The minimum absolute atomic E-state index is 0.174. The van der Waals surface area contributed by atoms with Gasteiger partial charge in [-0.1, -0.05) is 0 Å². The van der Waals surface area contributed by atoms with Gasteiger partial charge < -0.3 is 10.6 Å². The van der Waals surface area contributed by atoms with Crippen molar-refractivity contribution in [1.82, 2.24) is 10.2 Å². The van der Waals surface area contributed by atoms with Crippen LogP contribution < -0.4 is 20.8 Å². The van der Waals surface area contributed by atoms with Crippen molar-refractivity contribution in [2.45, 2.75) is 44.0 Å². The first-order valence-corrected chi connectivity index (χ1v) is 11.4. The van der Waals surface area contributed by atoms with E-state index >= 15 is 0 Å². The molecule has 31 heavy (non-hydrogen) atoms. The maximum atomic E-state index is 13.8. The smallest absolute Gasteiger partial charge is 0.265 e. The molecule has 1 unspecified atom stereocenters. The van der Waals surface area contributed by atoms with Crippen molar-refractivity contribution in [1.29, 1.82) is 0 Å². The average Bonchev–Trinajstić information content (AvgIpc) is 2.75. The topological polar surface area (TPSA) is 120 Å². The lowest BCUT2D eigenvalue weighted by Crippen LogP contribution is -2.38. The number of hydrogen-bond donors (Lipinski definition) is 5. The van der Waals surface area contributed by atoms with Gasteiger partial charge in [0.15, 0.2) is 0 Å². The fraction of sp³-hybridized carbons (Fsp3) is 0.381. The summed E-state index contributed by atoms with van der Waals surface area (Å²) in [4.78, 5) is 12.2. The minimum Gasteiger partial charge on any atom is -0.388 e. The number of carbonyl (C=O) groups excluding carboxylic acids is 1. The molecule has 0 aliphatic rings. The van der Waals surface area contributed by atoms with Crippen LogP contribution in [0.3, 0.4) is 0 Å². The molecule has 0 heterocycles. The van der Waals surface area contributed by atoms with Crippen LogP contribution >= 0.6 is 0 Å². The SMILES string of the molecule is CNc1ccc(S(=O)(=O)NCCCCC(Nc2cc(C)c(F)c(C)c2)C(=O)NO)cc1. The number of amides is 1. The van der Waals surface area contributed by atoms with Gasteiger partial charge >= 0.3 is 0 Å². The summed E-state index contributed by atoms with van der Waals surface area (Å²) in [5.41, 5.74) is 3.90. The number of sulfonamides is 1. The first-order valence-electron chi connectivity index (χ1n) is 9.92. The number of aryl methyl sites for hydroxylation is 2. The Kier molecular flexibility index (Phi) is 8.78. The van der Waals surface area contributed by atoms with Crippen molar-refractivity contribution in [2.24, 2.45) is 0 Å². The van der Waals surface area contributed by atoms with Gasteiger partial charge in [0.25, 0.3) is 5.91 Å². The number of anilines is 2. The highest BCUT2D eigenvalue weighted by molar-refractivity contribution is 7.89. The molecule has 1 amide bonds. The number of halogens is 1. The van der Waals surface area contributed by atoms with Crippen molar-refractivity contribution >= 4 is 27.3 Å². The van der Waals surface area contributed by atoms with E-state index in [-0.39, 0.29) is 17.3 Å². The van der Waals surface area contributed by atoms with Crippen LogP contribution in [0.15, 0.2) is 41.3 Å². The fourth-order valence-corrected chi connectivity index (χ4v) is 4.22. The monoisotopic (exact) mass is 452 g/mol. The van der Waals surface area contributed by atoms with Gasteiger partial charge in [-0.2, -0.15) is 0 Å². The molecule has 8 nitrogen and oxygen atoms in total. The van der Waals surface area contributed by atoms with Crippen molar-refractivity contribution in [3.63, 3.8) is 0 Å². The lowest BCUT2D eigenvalue weighted by molar-refractivity contribution is -0.130. The van der Waals surface area contributed by atoms with Crippen LogP contribution in [0.2, 0.25) is 0 Å². The highest BCUT2D eigenvalue weighted by Gasteiger charge is 2.19. The summed E-state index contributed by atoms with van der Waals surface area (Å²) in [5.74, 6) is -0.925.